The zero-order chi connectivity index (χ0) is 13.2. The molecule has 0 aliphatic carbocycles. The molecule has 0 aliphatic heterocycles. The molecular weight excluding hydrogens is 279 g/mol. The highest BCUT2D eigenvalue weighted by Gasteiger charge is 2.08. The minimum absolute atomic E-state index is 0.414. The molecule has 0 heterocycles. The molecule has 0 aromatic heterocycles. The van der Waals surface area contributed by atoms with Gasteiger partial charge >= 0.3 is 0 Å². The number of fused-ring (bicyclic) bond motifs is 1. The van der Waals surface area contributed by atoms with Crippen molar-refractivity contribution in [2.45, 2.75) is 0 Å². The lowest BCUT2D eigenvalue weighted by Crippen LogP contribution is -1.87. The predicted molar refractivity (Wildman–Crippen MR) is 79.3 cm³/mol. The molecule has 3 aromatic rings. The molecule has 0 amide bonds. The van der Waals surface area contributed by atoms with Gasteiger partial charge in [0.25, 0.3) is 0 Å². The maximum Gasteiger partial charge on any atom is 0.147 e. The number of hydrogen-bond acceptors (Lipinski definition) is 1. The Balaban J connectivity index is 2.09. The maximum atomic E-state index is 6.13. The Labute approximate surface area is 121 Å². The van der Waals surface area contributed by atoms with E-state index in [1.54, 1.807) is 24.3 Å². The summed E-state index contributed by atoms with van der Waals surface area (Å²) in [6.45, 7) is 0. The van der Waals surface area contributed by atoms with Gasteiger partial charge in [-0.25, -0.2) is 0 Å². The van der Waals surface area contributed by atoms with Crippen LogP contribution in [0.3, 0.4) is 0 Å². The summed E-state index contributed by atoms with van der Waals surface area (Å²) in [6, 6.07) is 20.0. The van der Waals surface area contributed by atoms with Crippen LogP contribution in [0.5, 0.6) is 11.5 Å². The van der Waals surface area contributed by atoms with E-state index >= 15 is 0 Å². The van der Waals surface area contributed by atoms with Gasteiger partial charge in [0.1, 0.15) is 16.5 Å². The molecule has 19 heavy (non-hydrogen) atoms. The molecule has 93 valence electrons. The van der Waals surface area contributed by atoms with Gasteiger partial charge in [-0.2, -0.15) is 0 Å². The van der Waals surface area contributed by atoms with Gasteiger partial charge < -0.3 is 4.74 Å². The molecule has 0 aliphatic rings. The first-order valence-corrected chi connectivity index (χ1v) is 6.52. The number of halogens is 2. The summed E-state index contributed by atoms with van der Waals surface area (Å²) < 4.78 is 5.86. The zero-order valence-corrected chi connectivity index (χ0v) is 11.4. The number of rotatable bonds is 2. The average molecular weight is 288 g/mol. The van der Waals surface area contributed by atoms with E-state index in [0.717, 1.165) is 10.8 Å². The maximum absolute atomic E-state index is 6.13. The summed E-state index contributed by atoms with van der Waals surface area (Å²) in [5.74, 6) is 1.25. The number of ether oxygens (including phenoxy) is 1. The van der Waals surface area contributed by atoms with E-state index in [1.165, 1.54) is 0 Å². The van der Waals surface area contributed by atoms with Crippen LogP contribution in [0.25, 0.3) is 10.8 Å². The van der Waals surface area contributed by atoms with Crippen molar-refractivity contribution in [3.8, 4) is 11.5 Å². The van der Waals surface area contributed by atoms with Gasteiger partial charge in [-0.3, -0.25) is 0 Å². The quantitative estimate of drug-likeness (QED) is 0.584. The SMILES string of the molecule is Clc1cccc(Oc2c[c]cc3ccccc23)c1Cl. The summed E-state index contributed by atoms with van der Waals surface area (Å²) in [5.41, 5.74) is 0. The van der Waals surface area contributed by atoms with Crippen LogP contribution in [-0.2, 0) is 0 Å². The Bertz CT molecular complexity index is 732. The third-order valence-electron chi connectivity index (χ3n) is 2.82. The first kappa shape index (κ1) is 12.3. The van der Waals surface area contributed by atoms with Gasteiger partial charge in [0.15, 0.2) is 0 Å². The van der Waals surface area contributed by atoms with E-state index in [1.807, 2.05) is 30.3 Å². The minimum atomic E-state index is 0.414. The van der Waals surface area contributed by atoms with Crippen molar-refractivity contribution >= 4 is 34.0 Å². The Morgan fingerprint density at radius 1 is 0.842 bits per heavy atom. The summed E-state index contributed by atoms with van der Waals surface area (Å²) in [7, 11) is 0. The van der Waals surface area contributed by atoms with Crippen LogP contribution in [0, 0.1) is 6.07 Å². The number of benzene rings is 3. The van der Waals surface area contributed by atoms with E-state index in [0.29, 0.717) is 21.5 Å². The Morgan fingerprint density at radius 3 is 2.58 bits per heavy atom. The molecular formula is C16H9Cl2O. The molecule has 0 bridgehead atoms. The smallest absolute Gasteiger partial charge is 0.147 e. The van der Waals surface area contributed by atoms with E-state index < -0.39 is 0 Å². The van der Waals surface area contributed by atoms with Crippen molar-refractivity contribution in [2.75, 3.05) is 0 Å². The minimum Gasteiger partial charge on any atom is -0.455 e. The Morgan fingerprint density at radius 2 is 1.68 bits per heavy atom. The van der Waals surface area contributed by atoms with Gasteiger partial charge in [-0.15, -0.1) is 0 Å². The fourth-order valence-electron chi connectivity index (χ4n) is 1.90. The Hall–Kier alpha value is -1.70. The van der Waals surface area contributed by atoms with E-state index in [-0.39, 0.29) is 0 Å². The van der Waals surface area contributed by atoms with Gasteiger partial charge in [0.2, 0.25) is 0 Å². The molecule has 0 fully saturated rings. The van der Waals surface area contributed by atoms with Crippen LogP contribution < -0.4 is 4.74 Å². The van der Waals surface area contributed by atoms with E-state index in [9.17, 15) is 0 Å². The zero-order valence-electron chi connectivity index (χ0n) is 9.86. The lowest BCUT2D eigenvalue weighted by atomic mass is 10.1. The molecule has 1 nitrogen and oxygen atoms in total. The second kappa shape index (κ2) is 5.12. The van der Waals surface area contributed by atoms with Crippen molar-refractivity contribution < 1.29 is 4.74 Å². The number of hydrogen-bond donors (Lipinski definition) is 0. The van der Waals surface area contributed by atoms with Crippen molar-refractivity contribution in [1.29, 1.82) is 0 Å². The molecule has 0 spiro atoms. The van der Waals surface area contributed by atoms with Gasteiger partial charge in [-0.1, -0.05) is 53.5 Å². The molecule has 0 atom stereocenters. The van der Waals surface area contributed by atoms with Crippen molar-refractivity contribution in [1.82, 2.24) is 0 Å². The molecule has 0 unspecified atom stereocenters. The molecule has 0 saturated carbocycles. The van der Waals surface area contributed by atoms with Gasteiger partial charge in [0, 0.05) is 5.39 Å². The fourth-order valence-corrected chi connectivity index (χ4v) is 2.23. The molecule has 0 saturated heterocycles. The molecule has 3 heteroatoms. The van der Waals surface area contributed by atoms with Gasteiger partial charge in [-0.05, 0) is 35.7 Å². The van der Waals surface area contributed by atoms with E-state index in [2.05, 4.69) is 6.07 Å². The summed E-state index contributed by atoms with van der Waals surface area (Å²) >= 11 is 12.1. The van der Waals surface area contributed by atoms with Crippen LogP contribution in [0.15, 0.2) is 54.6 Å². The van der Waals surface area contributed by atoms with E-state index in [4.69, 9.17) is 27.9 Å². The normalized spacial score (nSPS) is 10.6. The lowest BCUT2D eigenvalue weighted by molar-refractivity contribution is 0.488. The van der Waals surface area contributed by atoms with Crippen LogP contribution >= 0.6 is 23.2 Å². The van der Waals surface area contributed by atoms with Crippen LogP contribution in [-0.4, -0.2) is 0 Å². The summed E-state index contributed by atoms with van der Waals surface area (Å²) in [4.78, 5) is 0. The van der Waals surface area contributed by atoms with Crippen molar-refractivity contribution in [2.24, 2.45) is 0 Å². The highest BCUT2D eigenvalue weighted by molar-refractivity contribution is 6.42. The summed E-state index contributed by atoms with van der Waals surface area (Å²) in [6.07, 6.45) is 0. The largest absolute Gasteiger partial charge is 0.455 e. The Kier molecular flexibility index (Phi) is 3.33. The fraction of sp³-hybridized carbons (Fsp3) is 0. The lowest BCUT2D eigenvalue weighted by Gasteiger charge is -2.10. The first-order chi connectivity index (χ1) is 9.25. The molecule has 3 rings (SSSR count). The standard InChI is InChI=1S/C16H9Cl2O/c17-13-8-4-10-15(16(13)18)19-14-9-3-6-11-5-1-2-7-12(11)14/h1-2,4-10H. The van der Waals surface area contributed by atoms with Crippen molar-refractivity contribution in [3.05, 3.63) is 70.7 Å². The van der Waals surface area contributed by atoms with Crippen LogP contribution in [0.2, 0.25) is 10.0 Å². The third kappa shape index (κ3) is 2.40. The second-order valence-electron chi connectivity index (χ2n) is 4.06. The first-order valence-electron chi connectivity index (χ1n) is 5.76. The monoisotopic (exact) mass is 287 g/mol. The van der Waals surface area contributed by atoms with Crippen LogP contribution in [0.1, 0.15) is 0 Å². The van der Waals surface area contributed by atoms with Crippen molar-refractivity contribution in [3.63, 3.8) is 0 Å². The predicted octanol–water partition coefficient (Wildman–Crippen LogP) is 5.74. The molecule has 1 radical (unpaired) electrons. The topological polar surface area (TPSA) is 9.23 Å². The van der Waals surface area contributed by atoms with Gasteiger partial charge in [0.05, 0.1) is 5.02 Å². The average Bonchev–Trinajstić information content (AvgIpc) is 2.44. The molecule has 0 N–H and O–H groups in total. The van der Waals surface area contributed by atoms with Crippen LogP contribution in [0.4, 0.5) is 0 Å². The highest BCUT2D eigenvalue weighted by atomic mass is 35.5. The summed E-state index contributed by atoms with van der Waals surface area (Å²) in [5, 5.41) is 2.97. The second-order valence-corrected chi connectivity index (χ2v) is 4.85. The molecule has 3 aromatic carbocycles. The third-order valence-corrected chi connectivity index (χ3v) is 3.62. The highest BCUT2D eigenvalue weighted by Crippen LogP contribution is 2.36.